The second-order valence-electron chi connectivity index (χ2n) is 10.9. The molecule has 5 heteroatoms. The van der Waals surface area contributed by atoms with E-state index >= 15 is 0 Å². The van der Waals surface area contributed by atoms with Crippen LogP contribution in [0.2, 0.25) is 0 Å². The third-order valence-electron chi connectivity index (χ3n) is 8.05. The number of hydrogen-bond acceptors (Lipinski definition) is 2. The van der Waals surface area contributed by atoms with Gasteiger partial charge in [-0.3, -0.25) is 9.59 Å². The fourth-order valence-corrected chi connectivity index (χ4v) is 5.55. The van der Waals surface area contributed by atoms with E-state index in [-0.39, 0.29) is 24.2 Å². The third-order valence-corrected chi connectivity index (χ3v) is 8.05. The Balaban J connectivity index is 0.00000380. The number of piperidine rings is 1. The van der Waals surface area contributed by atoms with Gasteiger partial charge in [0.2, 0.25) is 5.91 Å². The maximum atomic E-state index is 13.2. The van der Waals surface area contributed by atoms with Crippen molar-refractivity contribution in [1.82, 2.24) is 4.90 Å². The summed E-state index contributed by atoms with van der Waals surface area (Å²) in [5, 5.41) is 11.9. The molecule has 1 saturated heterocycles. The Bertz CT molecular complexity index is 1190. The molecule has 4 rings (SSSR count). The summed E-state index contributed by atoms with van der Waals surface area (Å²) in [5.74, 6) is -0.459. The zero-order valence-corrected chi connectivity index (χ0v) is 23.1. The number of carboxylic acid groups (broad SMARTS) is 1. The minimum Gasteiger partial charge on any atom is -0.481 e. The number of carbonyl (C=O) groups excluding carboxylic acids is 1. The van der Waals surface area contributed by atoms with Crippen LogP contribution in [0.1, 0.15) is 75.5 Å². The van der Waals surface area contributed by atoms with Crippen molar-refractivity contribution >= 4 is 35.1 Å². The minimum absolute atomic E-state index is 0. The van der Waals surface area contributed by atoms with Crippen molar-refractivity contribution in [3.8, 4) is 0 Å². The van der Waals surface area contributed by atoms with Gasteiger partial charge in [0.15, 0.2) is 0 Å². The maximum Gasteiger partial charge on any atom is 0.306 e. The molecule has 1 heterocycles. The number of unbranched alkanes of at least 4 members (excludes halogenated alkanes) is 1. The van der Waals surface area contributed by atoms with Gasteiger partial charge in [-0.2, -0.15) is 0 Å². The highest BCUT2D eigenvalue weighted by molar-refractivity contribution is 5.88. The van der Waals surface area contributed by atoms with E-state index in [1.807, 2.05) is 18.7 Å². The number of rotatable bonds is 9. The molecule has 4 nitrogen and oxygen atoms in total. The monoisotopic (exact) mass is 521 g/mol. The highest BCUT2D eigenvalue weighted by Crippen LogP contribution is 2.31. The van der Waals surface area contributed by atoms with Crippen molar-refractivity contribution < 1.29 is 14.7 Å². The molecule has 0 aliphatic carbocycles. The SMILES string of the molecule is C[C@@H](CCCCc1ccc(C(C)(C)C(=O)N2CCC(C(=O)O)CC2)cc1)c1cccc2ccccc12.Cl. The largest absolute Gasteiger partial charge is 0.481 e. The van der Waals surface area contributed by atoms with Crippen LogP contribution in [0.4, 0.5) is 0 Å². The first kappa shape index (κ1) is 28.7. The Morgan fingerprint density at radius 1 is 0.946 bits per heavy atom. The van der Waals surface area contributed by atoms with E-state index in [0.29, 0.717) is 31.8 Å². The summed E-state index contributed by atoms with van der Waals surface area (Å²) in [6.45, 7) is 7.33. The lowest BCUT2D eigenvalue weighted by molar-refractivity contribution is -0.147. The highest BCUT2D eigenvalue weighted by atomic mass is 35.5. The van der Waals surface area contributed by atoms with Crippen LogP contribution in [0.25, 0.3) is 10.8 Å². The molecule has 1 aliphatic rings. The lowest BCUT2D eigenvalue weighted by atomic mass is 9.81. The van der Waals surface area contributed by atoms with Gasteiger partial charge in [-0.15, -0.1) is 12.4 Å². The highest BCUT2D eigenvalue weighted by Gasteiger charge is 2.36. The van der Waals surface area contributed by atoms with Gasteiger partial charge in [0.1, 0.15) is 0 Å². The summed E-state index contributed by atoms with van der Waals surface area (Å²) in [7, 11) is 0. The zero-order valence-electron chi connectivity index (χ0n) is 22.3. The smallest absolute Gasteiger partial charge is 0.306 e. The molecule has 1 atom stereocenters. The number of carboxylic acids is 1. The Kier molecular flexibility index (Phi) is 9.78. The number of amides is 1. The van der Waals surface area contributed by atoms with E-state index in [9.17, 15) is 14.7 Å². The number of nitrogens with zero attached hydrogens (tertiary/aromatic N) is 1. The predicted molar refractivity (Wildman–Crippen MR) is 154 cm³/mol. The summed E-state index contributed by atoms with van der Waals surface area (Å²) in [4.78, 5) is 26.3. The van der Waals surface area contributed by atoms with Crippen molar-refractivity contribution in [2.75, 3.05) is 13.1 Å². The van der Waals surface area contributed by atoms with Crippen LogP contribution in [-0.4, -0.2) is 35.0 Å². The average molecular weight is 522 g/mol. The second kappa shape index (κ2) is 12.6. The van der Waals surface area contributed by atoms with Crippen LogP contribution in [0, 0.1) is 5.92 Å². The molecule has 0 aromatic heterocycles. The maximum absolute atomic E-state index is 13.2. The summed E-state index contributed by atoms with van der Waals surface area (Å²) < 4.78 is 0. The van der Waals surface area contributed by atoms with Gasteiger partial charge in [0, 0.05) is 13.1 Å². The van der Waals surface area contributed by atoms with Crippen LogP contribution in [0.15, 0.2) is 66.7 Å². The molecule has 0 bridgehead atoms. The van der Waals surface area contributed by atoms with Crippen molar-refractivity contribution in [2.45, 2.75) is 70.6 Å². The first-order valence-corrected chi connectivity index (χ1v) is 13.4. The molecule has 3 aromatic rings. The molecule has 1 N–H and O–H groups in total. The summed E-state index contributed by atoms with van der Waals surface area (Å²) in [5.41, 5.74) is 3.14. The van der Waals surface area contributed by atoms with Gasteiger partial charge in [-0.05, 0) is 79.3 Å². The van der Waals surface area contributed by atoms with Crippen LogP contribution in [-0.2, 0) is 21.4 Å². The molecule has 0 spiro atoms. The van der Waals surface area contributed by atoms with Crippen LogP contribution >= 0.6 is 12.4 Å². The van der Waals surface area contributed by atoms with Crippen LogP contribution < -0.4 is 0 Å². The Hall–Kier alpha value is -2.85. The first-order valence-electron chi connectivity index (χ1n) is 13.4. The second-order valence-corrected chi connectivity index (χ2v) is 10.9. The van der Waals surface area contributed by atoms with E-state index in [0.717, 1.165) is 18.4 Å². The van der Waals surface area contributed by atoms with Crippen molar-refractivity contribution in [3.63, 3.8) is 0 Å². The predicted octanol–water partition coefficient (Wildman–Crippen LogP) is 7.38. The van der Waals surface area contributed by atoms with Gasteiger partial charge in [0.05, 0.1) is 11.3 Å². The molecular formula is C32H40ClNO3. The summed E-state index contributed by atoms with van der Waals surface area (Å²) in [6, 6.07) is 23.8. The Labute approximate surface area is 227 Å². The number of halogens is 1. The fourth-order valence-electron chi connectivity index (χ4n) is 5.55. The van der Waals surface area contributed by atoms with Crippen molar-refractivity contribution in [2.24, 2.45) is 5.92 Å². The number of aliphatic carboxylic acids is 1. The standard InChI is InChI=1S/C32H39NO3.ClH/c1-23(28-14-8-12-25-11-6-7-13-29(25)28)9-4-5-10-24-15-17-27(18-16-24)32(2,3)31(36)33-21-19-26(20-22-33)30(34)35;/h6-8,11-18,23,26H,4-5,9-10,19-22H2,1-3H3,(H,34,35);1H/t23-;/m0./s1. The lowest BCUT2D eigenvalue weighted by Crippen LogP contribution is -2.47. The summed E-state index contributed by atoms with van der Waals surface area (Å²) >= 11 is 0. The molecule has 1 amide bonds. The number of hydrogen-bond donors (Lipinski definition) is 1. The molecule has 1 fully saturated rings. The molecular weight excluding hydrogens is 482 g/mol. The van der Waals surface area contributed by atoms with E-state index in [1.54, 1.807) is 0 Å². The van der Waals surface area contributed by atoms with Gasteiger partial charge in [-0.1, -0.05) is 80.1 Å². The molecule has 0 radical (unpaired) electrons. The number of aryl methyl sites for hydroxylation is 1. The third kappa shape index (κ3) is 6.73. The normalized spacial score (nSPS) is 15.3. The van der Waals surface area contributed by atoms with Crippen LogP contribution in [0.3, 0.4) is 0 Å². The molecule has 198 valence electrons. The van der Waals surface area contributed by atoms with Crippen LogP contribution in [0.5, 0.6) is 0 Å². The van der Waals surface area contributed by atoms with Gasteiger partial charge < -0.3 is 10.0 Å². The number of carbonyl (C=O) groups is 2. The zero-order chi connectivity index (χ0) is 25.7. The number of fused-ring (bicyclic) bond motifs is 1. The van der Waals surface area contributed by atoms with E-state index in [2.05, 4.69) is 73.7 Å². The van der Waals surface area contributed by atoms with Crippen molar-refractivity contribution in [3.05, 3.63) is 83.4 Å². The van der Waals surface area contributed by atoms with E-state index in [1.165, 1.54) is 34.7 Å². The quantitative estimate of drug-likeness (QED) is 0.299. The minimum atomic E-state index is -0.750. The van der Waals surface area contributed by atoms with Gasteiger partial charge >= 0.3 is 5.97 Å². The van der Waals surface area contributed by atoms with Crippen molar-refractivity contribution in [1.29, 1.82) is 0 Å². The average Bonchev–Trinajstić information content (AvgIpc) is 2.90. The molecule has 0 saturated carbocycles. The molecule has 1 aliphatic heterocycles. The molecule has 37 heavy (non-hydrogen) atoms. The molecule has 3 aromatic carbocycles. The first-order chi connectivity index (χ1) is 17.3. The van der Waals surface area contributed by atoms with E-state index in [4.69, 9.17) is 0 Å². The number of likely N-dealkylation sites (tertiary alicyclic amines) is 1. The Morgan fingerprint density at radius 2 is 1.59 bits per heavy atom. The summed E-state index contributed by atoms with van der Waals surface area (Å²) in [6.07, 6.45) is 5.62. The van der Waals surface area contributed by atoms with E-state index < -0.39 is 11.4 Å². The van der Waals surface area contributed by atoms with Gasteiger partial charge in [-0.25, -0.2) is 0 Å². The lowest BCUT2D eigenvalue weighted by Gasteiger charge is -2.36. The molecule has 0 unspecified atom stereocenters. The Morgan fingerprint density at radius 3 is 2.27 bits per heavy atom. The number of benzene rings is 3. The fraction of sp³-hybridized carbons (Fsp3) is 0.438. The topological polar surface area (TPSA) is 57.6 Å². The van der Waals surface area contributed by atoms with Gasteiger partial charge in [0.25, 0.3) is 0 Å².